The second-order valence-electron chi connectivity index (χ2n) is 10.7. The van der Waals surface area contributed by atoms with Crippen LogP contribution in [0.15, 0.2) is 91.3 Å². The van der Waals surface area contributed by atoms with Crippen LogP contribution in [0.3, 0.4) is 0 Å². The number of rotatable bonds is 4. The van der Waals surface area contributed by atoms with Crippen LogP contribution >= 0.6 is 0 Å². The van der Waals surface area contributed by atoms with Gasteiger partial charge in [-0.25, -0.2) is 0 Å². The molecule has 0 bridgehead atoms. The molecular formula is C31H24F6N2Si. The average Bonchev–Trinajstić information content (AvgIpc) is 2.91. The first-order valence-corrected chi connectivity index (χ1v) is 16.0. The second kappa shape index (κ2) is 9.89. The maximum Gasteiger partial charge on any atom is 0.416 e. The number of alkyl halides is 6. The van der Waals surface area contributed by atoms with Crippen molar-refractivity contribution in [3.8, 4) is 33.5 Å². The fourth-order valence-electron chi connectivity index (χ4n) is 4.46. The van der Waals surface area contributed by atoms with Gasteiger partial charge in [0.2, 0.25) is 0 Å². The molecular weight excluding hydrogens is 542 g/mol. The molecule has 0 atom stereocenters. The Morgan fingerprint density at radius 2 is 1.10 bits per heavy atom. The highest BCUT2D eigenvalue weighted by molar-refractivity contribution is 6.88. The van der Waals surface area contributed by atoms with Crippen molar-refractivity contribution in [1.29, 1.82) is 0 Å². The predicted octanol–water partition coefficient (Wildman–Crippen LogP) is 9.21. The smallest absolute Gasteiger partial charge is 0.256 e. The van der Waals surface area contributed by atoms with Gasteiger partial charge in [0.25, 0.3) is 0 Å². The lowest BCUT2D eigenvalue weighted by molar-refractivity contribution is -0.143. The van der Waals surface area contributed by atoms with Crippen LogP contribution in [0.1, 0.15) is 11.1 Å². The molecule has 0 amide bonds. The van der Waals surface area contributed by atoms with Crippen LogP contribution in [0.5, 0.6) is 0 Å². The Kier molecular flexibility index (Phi) is 6.82. The normalized spacial score (nSPS) is 12.6. The van der Waals surface area contributed by atoms with Gasteiger partial charge in [0, 0.05) is 34.5 Å². The van der Waals surface area contributed by atoms with E-state index in [1.165, 1.54) is 17.3 Å². The third-order valence-electron chi connectivity index (χ3n) is 6.75. The third-order valence-corrected chi connectivity index (χ3v) is 8.81. The Morgan fingerprint density at radius 1 is 0.525 bits per heavy atom. The number of aromatic nitrogens is 2. The van der Waals surface area contributed by atoms with E-state index in [0.29, 0.717) is 10.9 Å². The van der Waals surface area contributed by atoms with E-state index in [1.807, 2.05) is 18.2 Å². The monoisotopic (exact) mass is 566 g/mol. The summed E-state index contributed by atoms with van der Waals surface area (Å²) in [7, 11) is -1.39. The molecule has 204 valence electrons. The molecule has 0 aliphatic heterocycles. The van der Waals surface area contributed by atoms with Crippen LogP contribution in [-0.2, 0) is 12.4 Å². The summed E-state index contributed by atoms with van der Waals surface area (Å²) >= 11 is 0. The minimum Gasteiger partial charge on any atom is -0.256 e. The first-order chi connectivity index (χ1) is 18.7. The molecule has 3 aromatic carbocycles. The van der Waals surface area contributed by atoms with Crippen molar-refractivity contribution in [2.24, 2.45) is 0 Å². The summed E-state index contributed by atoms with van der Waals surface area (Å²) in [5, 5.41) is 2.06. The van der Waals surface area contributed by atoms with Crippen molar-refractivity contribution < 1.29 is 26.3 Å². The largest absolute Gasteiger partial charge is 0.416 e. The van der Waals surface area contributed by atoms with Crippen LogP contribution < -0.4 is 5.19 Å². The molecule has 0 spiro atoms. The number of pyridine rings is 2. The maximum atomic E-state index is 13.3. The maximum absolute atomic E-state index is 13.3. The number of nitrogens with zero attached hydrogens (tertiary/aromatic N) is 2. The fourth-order valence-corrected chi connectivity index (χ4v) is 5.62. The molecule has 0 saturated carbocycles. The molecule has 0 aliphatic rings. The number of fused-ring (bicyclic) bond motifs is 1. The van der Waals surface area contributed by atoms with E-state index in [0.717, 1.165) is 34.5 Å². The zero-order chi connectivity index (χ0) is 28.9. The van der Waals surface area contributed by atoms with Gasteiger partial charge in [0.05, 0.1) is 30.4 Å². The van der Waals surface area contributed by atoms with Gasteiger partial charge < -0.3 is 0 Å². The summed E-state index contributed by atoms with van der Waals surface area (Å²) in [6.45, 7) is 6.88. The zero-order valence-corrected chi connectivity index (χ0v) is 22.8. The van der Waals surface area contributed by atoms with Crippen molar-refractivity contribution in [2.45, 2.75) is 32.0 Å². The predicted molar refractivity (Wildman–Crippen MR) is 149 cm³/mol. The molecule has 0 unspecified atom stereocenters. The summed E-state index contributed by atoms with van der Waals surface area (Å²) in [6, 6.07) is 20.4. The first kappa shape index (κ1) is 27.6. The van der Waals surface area contributed by atoms with E-state index < -0.39 is 31.6 Å². The van der Waals surface area contributed by atoms with Gasteiger partial charge in [0.15, 0.2) is 0 Å². The summed E-state index contributed by atoms with van der Waals surface area (Å²) in [4.78, 5) is 9.04. The number of hydrogen-bond acceptors (Lipinski definition) is 2. The average molecular weight is 567 g/mol. The van der Waals surface area contributed by atoms with Crippen LogP contribution in [0.2, 0.25) is 19.6 Å². The van der Waals surface area contributed by atoms with E-state index in [1.54, 1.807) is 18.5 Å². The standard InChI is InChI=1S/C31H24F6N2Si/c1-40(2,3)27-9-6-19(7-10-27)28-11-8-22(17-38-28)24-12-21-5-4-20(15-29(21)39-18-24)23-13-25(30(32,33)34)16-26(14-23)31(35,36)37/h4-18H,1-3H3. The summed E-state index contributed by atoms with van der Waals surface area (Å²) in [6.07, 6.45) is -6.47. The van der Waals surface area contributed by atoms with Gasteiger partial charge in [-0.05, 0) is 47.5 Å². The SMILES string of the molecule is C[Si](C)(C)c1ccc(-c2ccc(-c3cnc4cc(-c5cc(C(F)(F)F)cc(C(F)(F)F)c5)ccc4c3)cn2)cc1. The molecule has 2 heterocycles. The minimum atomic E-state index is -4.92. The highest BCUT2D eigenvalue weighted by Crippen LogP contribution is 2.39. The van der Waals surface area contributed by atoms with Crippen LogP contribution in [0, 0.1) is 0 Å². The highest BCUT2D eigenvalue weighted by atomic mass is 28.3. The van der Waals surface area contributed by atoms with Crippen LogP contribution in [0.25, 0.3) is 44.4 Å². The molecule has 5 rings (SSSR count). The summed E-state index contributed by atoms with van der Waals surface area (Å²) in [5.74, 6) is 0. The Hall–Kier alpha value is -3.98. The number of hydrogen-bond donors (Lipinski definition) is 0. The van der Waals surface area contributed by atoms with Crippen molar-refractivity contribution >= 4 is 24.2 Å². The summed E-state index contributed by atoms with van der Waals surface area (Å²) < 4.78 is 79.8. The van der Waals surface area contributed by atoms with E-state index in [-0.39, 0.29) is 17.2 Å². The van der Waals surface area contributed by atoms with E-state index in [2.05, 4.69) is 53.9 Å². The molecule has 0 fully saturated rings. The molecule has 2 nitrogen and oxygen atoms in total. The first-order valence-electron chi connectivity index (χ1n) is 12.5. The highest BCUT2D eigenvalue weighted by Gasteiger charge is 2.37. The van der Waals surface area contributed by atoms with Crippen LogP contribution in [-0.4, -0.2) is 18.0 Å². The Bertz CT molecular complexity index is 1650. The molecule has 0 saturated heterocycles. The van der Waals surface area contributed by atoms with Crippen molar-refractivity contribution in [3.05, 3.63) is 102 Å². The van der Waals surface area contributed by atoms with Crippen molar-refractivity contribution in [2.75, 3.05) is 0 Å². The number of benzene rings is 3. The Balaban J connectivity index is 1.44. The molecule has 5 aromatic rings. The van der Waals surface area contributed by atoms with Gasteiger partial charge in [-0.15, -0.1) is 0 Å². The molecule has 2 aromatic heterocycles. The van der Waals surface area contributed by atoms with Crippen molar-refractivity contribution in [1.82, 2.24) is 9.97 Å². The summed E-state index contributed by atoms with van der Waals surface area (Å²) in [5.41, 5.74) is 1.21. The molecule has 9 heteroatoms. The zero-order valence-electron chi connectivity index (χ0n) is 21.8. The van der Waals surface area contributed by atoms with Gasteiger partial charge in [-0.2, -0.15) is 26.3 Å². The van der Waals surface area contributed by atoms with Gasteiger partial charge in [0.1, 0.15) is 0 Å². The third kappa shape index (κ3) is 5.79. The fraction of sp³-hybridized carbons (Fsp3) is 0.161. The lowest BCUT2D eigenvalue weighted by Crippen LogP contribution is -2.37. The Labute approximate surface area is 228 Å². The van der Waals surface area contributed by atoms with Gasteiger partial charge in [-0.3, -0.25) is 9.97 Å². The lowest BCUT2D eigenvalue weighted by atomic mass is 9.97. The molecule has 0 N–H and O–H groups in total. The minimum absolute atomic E-state index is 0.122. The van der Waals surface area contributed by atoms with E-state index in [4.69, 9.17) is 0 Å². The topological polar surface area (TPSA) is 25.8 Å². The van der Waals surface area contributed by atoms with Gasteiger partial charge in [-0.1, -0.05) is 67.3 Å². The van der Waals surface area contributed by atoms with Crippen molar-refractivity contribution in [3.63, 3.8) is 0 Å². The van der Waals surface area contributed by atoms with E-state index >= 15 is 0 Å². The second-order valence-corrected chi connectivity index (χ2v) is 15.8. The molecule has 0 radical (unpaired) electrons. The number of halogens is 6. The lowest BCUT2D eigenvalue weighted by Gasteiger charge is -2.16. The molecule has 40 heavy (non-hydrogen) atoms. The van der Waals surface area contributed by atoms with Crippen LogP contribution in [0.4, 0.5) is 26.3 Å². The van der Waals surface area contributed by atoms with E-state index in [9.17, 15) is 26.3 Å². The van der Waals surface area contributed by atoms with Gasteiger partial charge >= 0.3 is 12.4 Å². The quantitative estimate of drug-likeness (QED) is 0.160. The molecule has 0 aliphatic carbocycles. The Morgan fingerprint density at radius 3 is 1.65 bits per heavy atom.